The summed E-state index contributed by atoms with van der Waals surface area (Å²) in [4.78, 5) is 0. The van der Waals surface area contributed by atoms with Gasteiger partial charge in [0.2, 0.25) is 0 Å². The van der Waals surface area contributed by atoms with Gasteiger partial charge in [-0.15, -0.1) is 0 Å². The van der Waals surface area contributed by atoms with Crippen LogP contribution in [0.4, 0.5) is 0 Å². The Labute approximate surface area is 110 Å². The molecule has 1 aliphatic carbocycles. The van der Waals surface area contributed by atoms with Crippen LogP contribution in [0.1, 0.15) is 40.0 Å². The van der Waals surface area contributed by atoms with Crippen LogP contribution in [-0.4, -0.2) is 24.0 Å². The van der Waals surface area contributed by atoms with E-state index in [4.69, 9.17) is 0 Å². The maximum Gasteiger partial charge on any atom is 0.349 e. The molecule has 2 N–H and O–H groups in total. The minimum Gasteiger partial charge on any atom is -0.374 e. The lowest BCUT2D eigenvalue weighted by atomic mass is 9.67. The van der Waals surface area contributed by atoms with Crippen LogP contribution in [0.15, 0.2) is 0 Å². The highest BCUT2D eigenvalue weighted by Gasteiger charge is 2.48. The minimum absolute atomic E-state index is 0.117. The maximum atomic E-state index is 11.5. The Bertz CT molecular complexity index is 335. The maximum absolute atomic E-state index is 11.5. The Kier molecular flexibility index (Phi) is 5.57. The van der Waals surface area contributed by atoms with Crippen LogP contribution in [0.3, 0.4) is 0 Å². The predicted molar refractivity (Wildman–Crippen MR) is 72.0 cm³/mol. The molecule has 1 saturated carbocycles. The normalized spacial score (nSPS) is 32.2. The second-order valence-electron chi connectivity index (χ2n) is 6.10. The summed E-state index contributed by atoms with van der Waals surface area (Å²) < 4.78 is 23.1. The van der Waals surface area contributed by atoms with Crippen molar-refractivity contribution >= 4 is 7.68 Å². The number of rotatable bonds is 5. The zero-order valence-corrected chi connectivity index (χ0v) is 12.7. The lowest BCUT2D eigenvalue weighted by Gasteiger charge is -2.43. The third-order valence-electron chi connectivity index (χ3n) is 4.37. The highest BCUT2D eigenvalue weighted by molar-refractivity contribution is 7.32. The molecule has 1 fully saturated rings. The molecule has 4 atom stereocenters. The third kappa shape index (κ3) is 3.23. The quantitative estimate of drug-likeness (QED) is 0.757. The molecule has 5 heteroatoms. The van der Waals surface area contributed by atoms with Gasteiger partial charge in [-0.3, -0.25) is 0 Å². The number of hydrogen-bond acceptors (Lipinski definition) is 4. The van der Waals surface area contributed by atoms with Crippen LogP contribution in [-0.2, 0) is 9.13 Å². The molecular weight excluding hydrogens is 249 g/mol. The van der Waals surface area contributed by atoms with E-state index in [1.807, 2.05) is 0 Å². The van der Waals surface area contributed by atoms with Gasteiger partial charge in [-0.2, -0.15) is 0 Å². The fraction of sp³-hybridized carbons (Fsp3) is 1.00. The van der Waals surface area contributed by atoms with Crippen LogP contribution < -0.4 is 5.32 Å². The molecule has 0 aromatic heterocycles. The monoisotopic (exact) mass is 275 g/mol. The average Bonchev–Trinajstić information content (AvgIpc) is 2.28. The van der Waals surface area contributed by atoms with E-state index in [-0.39, 0.29) is 18.4 Å². The highest BCUT2D eigenvalue weighted by atomic mass is 31.1. The summed E-state index contributed by atoms with van der Waals surface area (Å²) >= 11 is 0. The molecule has 0 aromatic carbocycles. The van der Waals surface area contributed by atoms with E-state index < -0.39 is 13.0 Å². The fourth-order valence-electron chi connectivity index (χ4n) is 3.33. The molecule has 1 aliphatic rings. The molecule has 0 bridgehead atoms. The first kappa shape index (κ1) is 15.9. The van der Waals surface area contributed by atoms with Gasteiger partial charge < -0.3 is 10.4 Å². The summed E-state index contributed by atoms with van der Waals surface area (Å²) in [6.45, 7) is 6.49. The van der Waals surface area contributed by atoms with Gasteiger partial charge in [0.15, 0.2) is 5.34 Å². The third-order valence-corrected chi connectivity index (χ3v) is 5.49. The van der Waals surface area contributed by atoms with Crippen molar-refractivity contribution in [3.8, 4) is 0 Å². The Balaban J connectivity index is 3.04. The molecule has 0 amide bonds. The second-order valence-corrected chi connectivity index (χ2v) is 7.39. The second kappa shape index (κ2) is 6.31. The first-order chi connectivity index (χ1) is 8.32. The van der Waals surface area contributed by atoms with E-state index >= 15 is 0 Å². The summed E-state index contributed by atoms with van der Waals surface area (Å²) in [5, 5.41) is 11.8. The minimum atomic E-state index is -2.85. The van der Waals surface area contributed by atoms with Gasteiger partial charge in [-0.05, 0) is 37.6 Å². The van der Waals surface area contributed by atoms with Gasteiger partial charge in [0.1, 0.15) is 0 Å². The predicted octanol–water partition coefficient (Wildman–Crippen LogP) is 2.78. The Morgan fingerprint density at radius 3 is 2.44 bits per heavy atom. The number of aliphatic hydroxyl groups is 1. The molecule has 18 heavy (non-hydrogen) atoms. The highest BCUT2D eigenvalue weighted by Crippen LogP contribution is 2.48. The van der Waals surface area contributed by atoms with E-state index in [1.165, 1.54) is 0 Å². The van der Waals surface area contributed by atoms with Crippen LogP contribution in [0.25, 0.3) is 0 Å². The Morgan fingerprint density at radius 1 is 1.39 bits per heavy atom. The fourth-order valence-corrected chi connectivity index (χ4v) is 4.18. The summed E-state index contributed by atoms with van der Waals surface area (Å²) in [6.07, 6.45) is 2.94. The summed E-state index contributed by atoms with van der Waals surface area (Å²) in [7, 11) is -1.17. The summed E-state index contributed by atoms with van der Waals surface area (Å²) in [5.41, 5.74) is 0. The van der Waals surface area contributed by atoms with Gasteiger partial charge in [0.05, 0.1) is 0 Å². The van der Waals surface area contributed by atoms with E-state index in [0.29, 0.717) is 11.8 Å². The number of nitrogens with one attached hydrogen (secondary N) is 1. The largest absolute Gasteiger partial charge is 0.374 e. The smallest absolute Gasteiger partial charge is 0.349 e. The molecule has 0 aromatic rings. The van der Waals surface area contributed by atoms with Crippen LogP contribution in [0, 0.1) is 23.7 Å². The van der Waals surface area contributed by atoms with Crippen molar-refractivity contribution in [3.63, 3.8) is 0 Å². The lowest BCUT2D eigenvalue weighted by Crippen LogP contribution is -2.48. The zero-order chi connectivity index (χ0) is 13.9. The van der Waals surface area contributed by atoms with Crippen molar-refractivity contribution in [2.75, 3.05) is 13.6 Å². The molecule has 0 heterocycles. The molecule has 0 spiro atoms. The van der Waals surface area contributed by atoms with Crippen molar-refractivity contribution in [1.82, 2.24) is 5.32 Å². The summed E-state index contributed by atoms with van der Waals surface area (Å²) in [6, 6.07) is 0. The molecule has 0 radical (unpaired) electrons. The number of hydrogen-bond donors (Lipinski definition) is 2. The molecule has 4 unspecified atom stereocenters. The van der Waals surface area contributed by atoms with Gasteiger partial charge in [-0.25, -0.2) is 9.13 Å². The first-order valence-electron chi connectivity index (χ1n) is 6.84. The SMILES string of the molecule is CNCC(O)(C1CC(C)CCC1C(C)C)P(=O)=O. The van der Waals surface area contributed by atoms with Crippen molar-refractivity contribution in [3.05, 3.63) is 0 Å². The van der Waals surface area contributed by atoms with Crippen molar-refractivity contribution in [1.29, 1.82) is 0 Å². The molecule has 4 nitrogen and oxygen atoms in total. The Morgan fingerprint density at radius 2 is 2.00 bits per heavy atom. The Hall–Kier alpha value is -0.180. The topological polar surface area (TPSA) is 66.4 Å². The van der Waals surface area contributed by atoms with Crippen molar-refractivity contribution in [2.45, 2.75) is 45.4 Å². The van der Waals surface area contributed by atoms with E-state index in [2.05, 4.69) is 26.1 Å². The van der Waals surface area contributed by atoms with Crippen molar-refractivity contribution in [2.24, 2.45) is 23.7 Å². The standard InChI is InChI=1S/C13H26NO3P/c1-9(2)11-6-5-10(3)7-12(11)13(15,8-14-4)18(16)17/h9-12,14-15H,5-8H2,1-4H3. The van der Waals surface area contributed by atoms with Gasteiger partial charge >= 0.3 is 7.68 Å². The molecule has 0 aliphatic heterocycles. The van der Waals surface area contributed by atoms with Gasteiger partial charge in [0, 0.05) is 12.5 Å². The van der Waals surface area contributed by atoms with Crippen LogP contribution in [0.2, 0.25) is 0 Å². The average molecular weight is 275 g/mol. The van der Waals surface area contributed by atoms with Crippen LogP contribution in [0.5, 0.6) is 0 Å². The van der Waals surface area contributed by atoms with E-state index in [9.17, 15) is 14.2 Å². The van der Waals surface area contributed by atoms with Gasteiger partial charge in [0.25, 0.3) is 0 Å². The van der Waals surface area contributed by atoms with E-state index in [1.54, 1.807) is 7.05 Å². The van der Waals surface area contributed by atoms with E-state index in [0.717, 1.165) is 19.3 Å². The summed E-state index contributed by atoms with van der Waals surface area (Å²) in [5.74, 6) is 1.02. The molecule has 0 saturated heterocycles. The lowest BCUT2D eigenvalue weighted by molar-refractivity contribution is -0.0153. The number of likely N-dealkylation sites (N-methyl/N-ethyl adjacent to an activating group) is 1. The van der Waals surface area contributed by atoms with Crippen LogP contribution >= 0.6 is 7.68 Å². The zero-order valence-electron chi connectivity index (χ0n) is 11.8. The molecule has 106 valence electrons. The molecular formula is C13H26NO3P. The van der Waals surface area contributed by atoms with Gasteiger partial charge in [-0.1, -0.05) is 27.2 Å². The van der Waals surface area contributed by atoms with Crippen molar-refractivity contribution < 1.29 is 14.2 Å². The molecule has 1 rings (SSSR count). The first-order valence-corrected chi connectivity index (χ1v) is 8.02.